The van der Waals surface area contributed by atoms with Crippen LogP contribution >= 0.6 is 0 Å². The molecule has 1 rings (SSSR count). The van der Waals surface area contributed by atoms with Crippen molar-refractivity contribution in [2.24, 2.45) is 4.99 Å². The highest BCUT2D eigenvalue weighted by molar-refractivity contribution is 5.84. The maximum atomic E-state index is 4.30. The van der Waals surface area contributed by atoms with Gasteiger partial charge < -0.3 is 0 Å². The Balaban J connectivity index is 0.00000121. The first-order valence-electron chi connectivity index (χ1n) is 6.09. The SMILES string of the molecule is C=C/C=C\N=C(C)Cc1cccc(C)c1.CC. The predicted molar refractivity (Wildman–Crippen MR) is 78.7 cm³/mol. The molecule has 0 aliphatic heterocycles. The molecule has 0 aliphatic carbocycles. The minimum atomic E-state index is 0.906. The van der Waals surface area contributed by atoms with Crippen molar-refractivity contribution in [1.29, 1.82) is 0 Å². The molecule has 0 fully saturated rings. The Morgan fingerprint density at radius 2 is 2.06 bits per heavy atom. The quantitative estimate of drug-likeness (QED) is 0.523. The molecular weight excluding hydrogens is 206 g/mol. The maximum absolute atomic E-state index is 4.30. The van der Waals surface area contributed by atoms with E-state index < -0.39 is 0 Å². The van der Waals surface area contributed by atoms with Gasteiger partial charge in [-0.3, -0.25) is 4.99 Å². The molecule has 0 unspecified atom stereocenters. The Morgan fingerprint density at radius 3 is 2.65 bits per heavy atom. The highest BCUT2D eigenvalue weighted by Crippen LogP contribution is 2.05. The summed E-state index contributed by atoms with van der Waals surface area (Å²) in [6.45, 7) is 11.7. The van der Waals surface area contributed by atoms with Gasteiger partial charge in [-0.2, -0.15) is 0 Å². The monoisotopic (exact) mass is 229 g/mol. The lowest BCUT2D eigenvalue weighted by molar-refractivity contribution is 1.27. The molecule has 1 heteroatoms. The van der Waals surface area contributed by atoms with Crippen LogP contribution in [-0.2, 0) is 6.42 Å². The van der Waals surface area contributed by atoms with E-state index >= 15 is 0 Å². The van der Waals surface area contributed by atoms with E-state index in [4.69, 9.17) is 0 Å². The van der Waals surface area contributed by atoms with Gasteiger partial charge in [-0.15, -0.1) is 0 Å². The normalized spacial score (nSPS) is 10.9. The lowest BCUT2D eigenvalue weighted by Gasteiger charge is -2.01. The summed E-state index contributed by atoms with van der Waals surface area (Å²) in [5, 5.41) is 0. The van der Waals surface area contributed by atoms with E-state index in [1.807, 2.05) is 26.8 Å². The molecule has 0 bridgehead atoms. The Kier molecular flexibility index (Phi) is 8.67. The molecule has 0 N–H and O–H groups in total. The molecule has 17 heavy (non-hydrogen) atoms. The highest BCUT2D eigenvalue weighted by atomic mass is 14.7. The fraction of sp³-hybridized carbons (Fsp3) is 0.312. The van der Waals surface area contributed by atoms with E-state index in [-0.39, 0.29) is 0 Å². The van der Waals surface area contributed by atoms with Crippen LogP contribution in [0.15, 0.2) is 54.2 Å². The maximum Gasteiger partial charge on any atom is 0.0266 e. The Labute approximate surface area is 106 Å². The van der Waals surface area contributed by atoms with Crippen LogP contribution < -0.4 is 0 Å². The fourth-order valence-electron chi connectivity index (χ4n) is 1.39. The number of aryl methyl sites for hydroxylation is 1. The van der Waals surface area contributed by atoms with Gasteiger partial charge in [0.25, 0.3) is 0 Å². The Hall–Kier alpha value is -1.63. The molecule has 0 saturated heterocycles. The minimum Gasteiger partial charge on any atom is -0.266 e. The van der Waals surface area contributed by atoms with E-state index in [1.165, 1.54) is 11.1 Å². The number of rotatable bonds is 4. The molecule has 0 radical (unpaired) electrons. The zero-order chi connectivity index (χ0) is 13.1. The number of aliphatic imine (C=N–C) groups is 1. The van der Waals surface area contributed by atoms with Crippen LogP contribution in [0.25, 0.3) is 0 Å². The molecule has 0 heterocycles. The lowest BCUT2D eigenvalue weighted by atomic mass is 10.1. The number of hydrogen-bond donors (Lipinski definition) is 0. The van der Waals surface area contributed by atoms with Crippen LogP contribution in [0.5, 0.6) is 0 Å². The molecule has 0 saturated carbocycles. The van der Waals surface area contributed by atoms with Gasteiger partial charge in [0.2, 0.25) is 0 Å². The zero-order valence-electron chi connectivity index (χ0n) is 11.4. The van der Waals surface area contributed by atoms with Crippen molar-refractivity contribution >= 4 is 5.71 Å². The summed E-state index contributed by atoms with van der Waals surface area (Å²) in [6.07, 6.45) is 6.24. The third-order valence-corrected chi connectivity index (χ3v) is 2.06. The summed E-state index contributed by atoms with van der Waals surface area (Å²) < 4.78 is 0. The molecular formula is C16H23N. The summed E-state index contributed by atoms with van der Waals surface area (Å²) in [5.41, 5.74) is 3.71. The topological polar surface area (TPSA) is 12.4 Å². The molecule has 0 spiro atoms. The largest absolute Gasteiger partial charge is 0.266 e. The van der Waals surface area contributed by atoms with Gasteiger partial charge >= 0.3 is 0 Å². The summed E-state index contributed by atoms with van der Waals surface area (Å²) in [4.78, 5) is 4.30. The molecule has 0 atom stereocenters. The van der Waals surface area contributed by atoms with Crippen molar-refractivity contribution in [3.63, 3.8) is 0 Å². The van der Waals surface area contributed by atoms with E-state index in [9.17, 15) is 0 Å². The summed E-state index contributed by atoms with van der Waals surface area (Å²) in [6, 6.07) is 8.50. The number of nitrogens with zero attached hydrogens (tertiary/aromatic N) is 1. The number of hydrogen-bond acceptors (Lipinski definition) is 1. The summed E-state index contributed by atoms with van der Waals surface area (Å²) in [7, 11) is 0. The average molecular weight is 229 g/mol. The van der Waals surface area contributed by atoms with Crippen molar-refractivity contribution < 1.29 is 0 Å². The van der Waals surface area contributed by atoms with E-state index in [2.05, 4.69) is 42.8 Å². The highest BCUT2D eigenvalue weighted by Gasteiger charge is 1.95. The first-order chi connectivity index (χ1) is 8.22. The van der Waals surface area contributed by atoms with Gasteiger partial charge in [-0.1, -0.05) is 56.3 Å². The zero-order valence-corrected chi connectivity index (χ0v) is 11.4. The molecule has 1 nitrogen and oxygen atoms in total. The van der Waals surface area contributed by atoms with Crippen LogP contribution in [0.1, 0.15) is 31.9 Å². The predicted octanol–water partition coefficient (Wildman–Crippen LogP) is 4.72. The van der Waals surface area contributed by atoms with Crippen molar-refractivity contribution in [3.8, 4) is 0 Å². The van der Waals surface area contributed by atoms with Crippen molar-refractivity contribution in [3.05, 3.63) is 60.3 Å². The fourth-order valence-corrected chi connectivity index (χ4v) is 1.39. The van der Waals surface area contributed by atoms with E-state index in [0.717, 1.165) is 12.1 Å². The van der Waals surface area contributed by atoms with Crippen LogP contribution in [0.3, 0.4) is 0 Å². The Morgan fingerprint density at radius 1 is 1.35 bits per heavy atom. The molecule has 92 valence electrons. The minimum absolute atomic E-state index is 0.906. The molecule has 1 aromatic rings. The summed E-state index contributed by atoms with van der Waals surface area (Å²) >= 11 is 0. The number of benzene rings is 1. The van der Waals surface area contributed by atoms with Crippen LogP contribution in [-0.4, -0.2) is 5.71 Å². The van der Waals surface area contributed by atoms with Crippen LogP contribution in [0, 0.1) is 6.92 Å². The van der Waals surface area contributed by atoms with Gasteiger partial charge in [-0.05, 0) is 25.5 Å². The van der Waals surface area contributed by atoms with Crippen molar-refractivity contribution in [2.75, 3.05) is 0 Å². The second-order valence-electron chi connectivity index (χ2n) is 3.61. The van der Waals surface area contributed by atoms with Gasteiger partial charge in [-0.25, -0.2) is 0 Å². The first kappa shape index (κ1) is 15.4. The summed E-state index contributed by atoms with van der Waals surface area (Å²) in [5.74, 6) is 0. The van der Waals surface area contributed by atoms with Gasteiger partial charge in [0.1, 0.15) is 0 Å². The molecule has 0 aromatic heterocycles. The van der Waals surface area contributed by atoms with Crippen LogP contribution in [0.4, 0.5) is 0 Å². The van der Waals surface area contributed by atoms with Gasteiger partial charge in [0.15, 0.2) is 0 Å². The second-order valence-corrected chi connectivity index (χ2v) is 3.61. The smallest absolute Gasteiger partial charge is 0.0266 e. The molecule has 0 aliphatic rings. The van der Waals surface area contributed by atoms with E-state index in [1.54, 1.807) is 12.3 Å². The van der Waals surface area contributed by atoms with Crippen LogP contribution in [0.2, 0.25) is 0 Å². The molecule has 0 amide bonds. The molecule has 1 aromatic carbocycles. The van der Waals surface area contributed by atoms with Crippen molar-refractivity contribution in [2.45, 2.75) is 34.1 Å². The van der Waals surface area contributed by atoms with Gasteiger partial charge in [0.05, 0.1) is 0 Å². The standard InChI is InChI=1S/C14H17N.C2H6/c1-4-5-9-15-13(3)11-14-8-6-7-12(2)10-14;1-2/h4-10H,1,11H2,2-3H3;1-2H3/b9-5-,15-13?;. The third-order valence-electron chi connectivity index (χ3n) is 2.06. The second kappa shape index (κ2) is 9.59. The van der Waals surface area contributed by atoms with Gasteiger partial charge in [0, 0.05) is 18.3 Å². The third kappa shape index (κ3) is 7.29. The lowest BCUT2D eigenvalue weighted by Crippen LogP contribution is -1.96. The van der Waals surface area contributed by atoms with E-state index in [0.29, 0.717) is 0 Å². The average Bonchev–Trinajstić information content (AvgIpc) is 2.32. The number of allylic oxidation sites excluding steroid dienone is 2. The van der Waals surface area contributed by atoms with Crippen molar-refractivity contribution in [1.82, 2.24) is 0 Å². The first-order valence-corrected chi connectivity index (χ1v) is 6.09. The Bertz CT molecular complexity index is 386.